The summed E-state index contributed by atoms with van der Waals surface area (Å²) < 4.78 is 6.50. The number of nitrogens with zero attached hydrogens (tertiary/aromatic N) is 2. The molecule has 0 aliphatic rings. The van der Waals surface area contributed by atoms with Crippen LogP contribution in [0.15, 0.2) is 36.4 Å². The van der Waals surface area contributed by atoms with E-state index in [9.17, 15) is 0 Å². The van der Waals surface area contributed by atoms with E-state index in [0.29, 0.717) is 0 Å². The third-order valence-corrected chi connectivity index (χ3v) is 5.70. The number of hydrogen-bond donors (Lipinski definition) is 0. The zero-order valence-electron chi connectivity index (χ0n) is 12.8. The van der Waals surface area contributed by atoms with Crippen molar-refractivity contribution in [2.24, 2.45) is 0 Å². The van der Waals surface area contributed by atoms with Crippen LogP contribution in [-0.2, 0) is 0 Å². The van der Waals surface area contributed by atoms with Crippen LogP contribution in [0.25, 0.3) is 20.5 Å². The molecule has 0 radical (unpaired) electrons. The van der Waals surface area contributed by atoms with Crippen molar-refractivity contribution in [1.82, 2.24) is 10.2 Å². The van der Waals surface area contributed by atoms with Gasteiger partial charge in [-0.3, -0.25) is 0 Å². The van der Waals surface area contributed by atoms with Gasteiger partial charge < -0.3 is 4.74 Å². The van der Waals surface area contributed by atoms with Crippen LogP contribution in [0.1, 0.15) is 26.2 Å². The Morgan fingerprint density at radius 3 is 2.43 bits per heavy atom. The third-order valence-electron chi connectivity index (χ3n) is 3.33. The van der Waals surface area contributed by atoms with Gasteiger partial charge in [-0.25, -0.2) is 0 Å². The summed E-state index contributed by atoms with van der Waals surface area (Å²) >= 11 is 9.06. The number of rotatable bonds is 7. The Bertz CT molecular complexity index is 752. The van der Waals surface area contributed by atoms with Crippen molar-refractivity contribution in [3.63, 3.8) is 0 Å². The summed E-state index contributed by atoms with van der Waals surface area (Å²) in [6.07, 6.45) is 3.51. The van der Waals surface area contributed by atoms with Crippen LogP contribution in [0.3, 0.4) is 0 Å². The summed E-state index contributed by atoms with van der Waals surface area (Å²) in [6.45, 7) is 2.96. The van der Waals surface area contributed by atoms with Crippen LogP contribution in [0.2, 0.25) is 4.34 Å². The minimum atomic E-state index is 0.765. The molecular formula is C17H17ClN2OS2. The molecule has 6 heteroatoms. The quantitative estimate of drug-likeness (QED) is 0.471. The number of hydrogen-bond acceptors (Lipinski definition) is 5. The number of unbranched alkanes of at least 4 members (excludes halogenated alkanes) is 2. The number of halogens is 1. The van der Waals surface area contributed by atoms with E-state index in [4.69, 9.17) is 16.3 Å². The van der Waals surface area contributed by atoms with E-state index in [0.717, 1.165) is 43.6 Å². The highest BCUT2D eigenvalue weighted by Gasteiger charge is 2.10. The molecule has 23 heavy (non-hydrogen) atoms. The lowest BCUT2D eigenvalue weighted by Gasteiger charge is -2.05. The predicted molar refractivity (Wildman–Crippen MR) is 98.7 cm³/mol. The van der Waals surface area contributed by atoms with E-state index < -0.39 is 0 Å². The molecule has 0 unspecified atom stereocenters. The lowest BCUT2D eigenvalue weighted by molar-refractivity contribution is 0.306. The van der Waals surface area contributed by atoms with Crippen molar-refractivity contribution >= 4 is 34.3 Å². The second-order valence-electron chi connectivity index (χ2n) is 5.10. The summed E-state index contributed by atoms with van der Waals surface area (Å²) in [7, 11) is 0. The number of aromatic nitrogens is 2. The van der Waals surface area contributed by atoms with E-state index in [1.54, 1.807) is 11.3 Å². The van der Waals surface area contributed by atoms with E-state index in [-0.39, 0.29) is 0 Å². The van der Waals surface area contributed by atoms with Gasteiger partial charge in [0.15, 0.2) is 5.01 Å². The number of benzene rings is 1. The lowest BCUT2D eigenvalue weighted by Crippen LogP contribution is -1.96. The maximum absolute atomic E-state index is 5.97. The maximum atomic E-state index is 5.97. The first-order valence-corrected chi connectivity index (χ1v) is 9.60. The topological polar surface area (TPSA) is 35.0 Å². The Morgan fingerprint density at radius 2 is 1.74 bits per heavy atom. The fourth-order valence-corrected chi connectivity index (χ4v) is 4.05. The van der Waals surface area contributed by atoms with E-state index >= 15 is 0 Å². The van der Waals surface area contributed by atoms with Crippen LogP contribution in [0.4, 0.5) is 0 Å². The van der Waals surface area contributed by atoms with Gasteiger partial charge in [0.1, 0.15) is 10.8 Å². The van der Waals surface area contributed by atoms with Gasteiger partial charge in [-0.05, 0) is 42.8 Å². The van der Waals surface area contributed by atoms with Crippen molar-refractivity contribution in [3.8, 4) is 26.2 Å². The standard InChI is InChI=1S/C17H17ClN2OS2/c1-2-3-4-11-21-13-7-5-12(6-8-13)16-19-20-17(23-16)14-9-10-15(18)22-14/h5-10H,2-4,11H2,1H3. The highest BCUT2D eigenvalue weighted by atomic mass is 35.5. The average molecular weight is 365 g/mol. The predicted octanol–water partition coefficient (Wildman–Crippen LogP) is 6.16. The largest absolute Gasteiger partial charge is 0.494 e. The molecule has 1 aromatic carbocycles. The molecule has 0 aliphatic heterocycles. The van der Waals surface area contributed by atoms with Gasteiger partial charge >= 0.3 is 0 Å². The first-order chi connectivity index (χ1) is 11.3. The SMILES string of the molecule is CCCCCOc1ccc(-c2nnc(-c3ccc(Cl)s3)s2)cc1. The van der Waals surface area contributed by atoms with Crippen LogP contribution in [0, 0.1) is 0 Å². The molecule has 0 aliphatic carbocycles. The summed E-state index contributed by atoms with van der Waals surface area (Å²) in [5.74, 6) is 0.902. The maximum Gasteiger partial charge on any atom is 0.158 e. The van der Waals surface area contributed by atoms with E-state index in [2.05, 4.69) is 17.1 Å². The van der Waals surface area contributed by atoms with Crippen molar-refractivity contribution < 1.29 is 4.74 Å². The molecule has 0 saturated carbocycles. The molecule has 120 valence electrons. The lowest BCUT2D eigenvalue weighted by atomic mass is 10.2. The summed E-state index contributed by atoms with van der Waals surface area (Å²) in [5, 5.41) is 10.3. The summed E-state index contributed by atoms with van der Waals surface area (Å²) in [6, 6.07) is 11.9. The molecule has 3 rings (SSSR count). The molecule has 0 fully saturated rings. The average Bonchev–Trinajstić information content (AvgIpc) is 3.21. The Balaban J connectivity index is 1.66. The molecule has 2 aromatic heterocycles. The van der Waals surface area contributed by atoms with Gasteiger partial charge in [0, 0.05) is 5.56 Å². The molecule has 0 bridgehead atoms. The molecule has 0 atom stereocenters. The Hall–Kier alpha value is -1.43. The zero-order chi connectivity index (χ0) is 16.1. The van der Waals surface area contributed by atoms with Gasteiger partial charge in [-0.2, -0.15) is 0 Å². The third kappa shape index (κ3) is 4.31. The van der Waals surface area contributed by atoms with Crippen LogP contribution in [-0.4, -0.2) is 16.8 Å². The van der Waals surface area contributed by atoms with Gasteiger partial charge in [0.25, 0.3) is 0 Å². The van der Waals surface area contributed by atoms with Crippen molar-refractivity contribution in [2.45, 2.75) is 26.2 Å². The van der Waals surface area contributed by atoms with Gasteiger partial charge in [-0.15, -0.1) is 21.5 Å². The second-order valence-corrected chi connectivity index (χ2v) is 7.79. The van der Waals surface area contributed by atoms with Crippen molar-refractivity contribution in [3.05, 3.63) is 40.7 Å². The smallest absolute Gasteiger partial charge is 0.158 e. The highest BCUT2D eigenvalue weighted by molar-refractivity contribution is 7.24. The fraction of sp³-hybridized carbons (Fsp3) is 0.294. The van der Waals surface area contributed by atoms with E-state index in [1.165, 1.54) is 24.2 Å². The zero-order valence-corrected chi connectivity index (χ0v) is 15.2. The molecule has 0 amide bonds. The highest BCUT2D eigenvalue weighted by Crippen LogP contribution is 2.35. The summed E-state index contributed by atoms with van der Waals surface area (Å²) in [5.41, 5.74) is 1.05. The minimum absolute atomic E-state index is 0.765. The normalized spacial score (nSPS) is 10.9. The Kier molecular flexibility index (Phi) is 5.65. The van der Waals surface area contributed by atoms with Gasteiger partial charge in [-0.1, -0.05) is 42.7 Å². The molecule has 3 aromatic rings. The first-order valence-electron chi connectivity index (χ1n) is 7.58. The number of thiophene rings is 1. The molecule has 0 spiro atoms. The van der Waals surface area contributed by atoms with Crippen LogP contribution < -0.4 is 4.74 Å². The fourth-order valence-electron chi connectivity index (χ4n) is 2.10. The second kappa shape index (κ2) is 7.90. The minimum Gasteiger partial charge on any atom is -0.494 e. The molecule has 0 saturated heterocycles. The van der Waals surface area contributed by atoms with Crippen LogP contribution in [0.5, 0.6) is 5.75 Å². The molecule has 0 N–H and O–H groups in total. The Morgan fingerprint density at radius 1 is 0.957 bits per heavy atom. The van der Waals surface area contributed by atoms with Gasteiger partial charge in [0.05, 0.1) is 15.8 Å². The van der Waals surface area contributed by atoms with Crippen molar-refractivity contribution in [2.75, 3.05) is 6.61 Å². The molecule has 2 heterocycles. The van der Waals surface area contributed by atoms with Gasteiger partial charge in [0.2, 0.25) is 0 Å². The molecule has 3 nitrogen and oxygen atoms in total. The first kappa shape index (κ1) is 16.4. The van der Waals surface area contributed by atoms with E-state index in [1.807, 2.05) is 36.4 Å². The van der Waals surface area contributed by atoms with Crippen LogP contribution >= 0.6 is 34.3 Å². The Labute approximate surface area is 148 Å². The number of ether oxygens (including phenoxy) is 1. The van der Waals surface area contributed by atoms with Crippen molar-refractivity contribution in [1.29, 1.82) is 0 Å². The summed E-state index contributed by atoms with van der Waals surface area (Å²) in [4.78, 5) is 1.05. The molecular weight excluding hydrogens is 348 g/mol. The monoisotopic (exact) mass is 364 g/mol.